The molecule has 1 aromatic carbocycles. The van der Waals surface area contributed by atoms with Crippen LogP contribution in [-0.2, 0) is 4.74 Å². The van der Waals surface area contributed by atoms with Crippen molar-refractivity contribution < 1.29 is 19.6 Å². The topological polar surface area (TPSA) is 102 Å². The van der Waals surface area contributed by atoms with Crippen LogP contribution in [0.1, 0.15) is 26.3 Å². The summed E-state index contributed by atoms with van der Waals surface area (Å²) >= 11 is 0. The number of carbonyl (C=O) groups excluding carboxylic acids is 1. The Morgan fingerprint density at radius 2 is 2.14 bits per heavy atom. The van der Waals surface area contributed by atoms with E-state index in [4.69, 9.17) is 4.74 Å². The van der Waals surface area contributed by atoms with Gasteiger partial charge in [0.2, 0.25) is 0 Å². The monoisotopic (exact) mass is 294 g/mol. The summed E-state index contributed by atoms with van der Waals surface area (Å²) in [6.45, 7) is 5.43. The number of carbonyl (C=O) groups is 1. The number of phenols is 1. The van der Waals surface area contributed by atoms with Gasteiger partial charge in [0.05, 0.1) is 16.6 Å². The summed E-state index contributed by atoms with van der Waals surface area (Å²) in [6, 6.07) is 3.85. The first kappa shape index (κ1) is 16.5. The van der Waals surface area contributed by atoms with Gasteiger partial charge in [-0.05, 0) is 32.9 Å². The highest BCUT2D eigenvalue weighted by atomic mass is 16.6. The van der Waals surface area contributed by atoms with Gasteiger partial charge in [-0.1, -0.05) is 12.2 Å². The van der Waals surface area contributed by atoms with Crippen molar-refractivity contribution in [3.63, 3.8) is 0 Å². The van der Waals surface area contributed by atoms with E-state index >= 15 is 0 Å². The number of benzene rings is 1. The van der Waals surface area contributed by atoms with Crippen molar-refractivity contribution in [3.05, 3.63) is 40.0 Å². The lowest BCUT2D eigenvalue weighted by Crippen LogP contribution is -2.32. The lowest BCUT2D eigenvalue weighted by atomic mass is 10.1. The van der Waals surface area contributed by atoms with Gasteiger partial charge in [0.25, 0.3) is 5.69 Å². The highest BCUT2D eigenvalue weighted by Crippen LogP contribution is 2.24. The van der Waals surface area contributed by atoms with Crippen LogP contribution in [0, 0.1) is 10.1 Å². The normalized spacial score (nSPS) is 11.4. The molecule has 2 N–H and O–H groups in total. The summed E-state index contributed by atoms with van der Waals surface area (Å²) in [4.78, 5) is 21.6. The molecule has 7 nitrogen and oxygen atoms in total. The van der Waals surface area contributed by atoms with Gasteiger partial charge in [0.1, 0.15) is 11.4 Å². The SMILES string of the molecule is CC(C)(C)OC(=O)NCC=Cc1ccc(O)cc1[N+](=O)[O-]. The fourth-order valence-electron chi connectivity index (χ4n) is 1.47. The zero-order valence-electron chi connectivity index (χ0n) is 12.1. The molecule has 0 unspecified atom stereocenters. The molecule has 0 aliphatic rings. The lowest BCUT2D eigenvalue weighted by molar-refractivity contribution is -0.385. The van der Waals surface area contributed by atoms with Crippen LogP contribution in [0.15, 0.2) is 24.3 Å². The standard InChI is InChI=1S/C14H18N2O5/c1-14(2,3)21-13(18)15-8-4-5-10-6-7-11(17)9-12(10)16(19)20/h4-7,9,17H,8H2,1-3H3,(H,15,18). The predicted molar refractivity (Wildman–Crippen MR) is 78.0 cm³/mol. The molecule has 0 heterocycles. The molecule has 0 aliphatic carbocycles. The van der Waals surface area contributed by atoms with Crippen LogP contribution < -0.4 is 5.32 Å². The van der Waals surface area contributed by atoms with E-state index in [0.717, 1.165) is 6.07 Å². The molecule has 21 heavy (non-hydrogen) atoms. The van der Waals surface area contributed by atoms with E-state index in [-0.39, 0.29) is 18.0 Å². The molecule has 0 aliphatic heterocycles. The Bertz CT molecular complexity index is 561. The minimum Gasteiger partial charge on any atom is -0.508 e. The molecule has 0 saturated heterocycles. The molecule has 7 heteroatoms. The predicted octanol–water partition coefficient (Wildman–Crippen LogP) is 2.84. The molecule has 0 fully saturated rings. The number of ether oxygens (including phenoxy) is 1. The molecule has 0 spiro atoms. The summed E-state index contributed by atoms with van der Waals surface area (Å²) in [6.07, 6.45) is 2.49. The second-order valence-corrected chi connectivity index (χ2v) is 5.29. The summed E-state index contributed by atoms with van der Waals surface area (Å²) < 4.78 is 5.04. The maximum absolute atomic E-state index is 11.4. The number of nitrogens with one attached hydrogen (secondary N) is 1. The van der Waals surface area contributed by atoms with Gasteiger partial charge >= 0.3 is 6.09 Å². The summed E-state index contributed by atoms with van der Waals surface area (Å²) in [5.74, 6) is -0.175. The molecule has 1 aromatic rings. The molecule has 0 bridgehead atoms. The van der Waals surface area contributed by atoms with E-state index in [1.807, 2.05) is 0 Å². The Morgan fingerprint density at radius 3 is 2.71 bits per heavy atom. The highest BCUT2D eigenvalue weighted by molar-refractivity contribution is 5.68. The number of nitrogens with zero attached hydrogens (tertiary/aromatic N) is 1. The first-order valence-corrected chi connectivity index (χ1v) is 6.30. The van der Waals surface area contributed by atoms with Crippen molar-refractivity contribution >= 4 is 17.9 Å². The molecule has 1 rings (SSSR count). The average molecular weight is 294 g/mol. The first-order valence-electron chi connectivity index (χ1n) is 6.30. The van der Waals surface area contributed by atoms with Gasteiger partial charge in [-0.3, -0.25) is 10.1 Å². The Balaban J connectivity index is 2.62. The number of alkyl carbamates (subject to hydrolysis) is 1. The van der Waals surface area contributed by atoms with Crippen molar-refractivity contribution in [2.24, 2.45) is 0 Å². The van der Waals surface area contributed by atoms with Gasteiger partial charge in [-0.25, -0.2) is 4.79 Å². The molecule has 114 valence electrons. The van der Waals surface area contributed by atoms with E-state index < -0.39 is 16.6 Å². The third-order valence-corrected chi connectivity index (χ3v) is 2.27. The van der Waals surface area contributed by atoms with Crippen molar-refractivity contribution in [1.82, 2.24) is 5.32 Å². The largest absolute Gasteiger partial charge is 0.508 e. The van der Waals surface area contributed by atoms with Crippen LogP contribution in [0.3, 0.4) is 0 Å². The fourth-order valence-corrected chi connectivity index (χ4v) is 1.47. The van der Waals surface area contributed by atoms with Crippen molar-refractivity contribution in [1.29, 1.82) is 0 Å². The van der Waals surface area contributed by atoms with Crippen LogP contribution in [0.5, 0.6) is 5.75 Å². The van der Waals surface area contributed by atoms with Crippen molar-refractivity contribution in [2.45, 2.75) is 26.4 Å². The first-order chi connectivity index (χ1) is 9.69. The average Bonchev–Trinajstić information content (AvgIpc) is 2.33. The Morgan fingerprint density at radius 1 is 1.48 bits per heavy atom. The quantitative estimate of drug-likeness (QED) is 0.656. The van der Waals surface area contributed by atoms with Crippen LogP contribution in [0.25, 0.3) is 6.08 Å². The number of aromatic hydroxyl groups is 1. The number of rotatable bonds is 4. The second-order valence-electron chi connectivity index (χ2n) is 5.29. The van der Waals surface area contributed by atoms with Gasteiger partial charge in [-0.2, -0.15) is 0 Å². The van der Waals surface area contributed by atoms with Crippen LogP contribution in [0.2, 0.25) is 0 Å². The molecule has 0 atom stereocenters. The maximum atomic E-state index is 11.4. The zero-order chi connectivity index (χ0) is 16.0. The van der Waals surface area contributed by atoms with E-state index in [1.54, 1.807) is 26.8 Å². The third kappa shape index (κ3) is 5.94. The second kappa shape index (κ2) is 6.74. The Labute approximate surface area is 122 Å². The molecule has 0 radical (unpaired) electrons. The van der Waals surface area contributed by atoms with E-state index in [9.17, 15) is 20.0 Å². The Hall–Kier alpha value is -2.57. The third-order valence-electron chi connectivity index (χ3n) is 2.27. The maximum Gasteiger partial charge on any atom is 0.407 e. The van der Waals surface area contributed by atoms with E-state index in [1.165, 1.54) is 18.2 Å². The lowest BCUT2D eigenvalue weighted by Gasteiger charge is -2.19. The number of nitro groups is 1. The van der Waals surface area contributed by atoms with Crippen molar-refractivity contribution in [3.8, 4) is 5.75 Å². The van der Waals surface area contributed by atoms with Gasteiger partial charge in [0.15, 0.2) is 0 Å². The number of nitro benzene ring substituents is 1. The van der Waals surface area contributed by atoms with E-state index in [2.05, 4.69) is 5.32 Å². The molecule has 0 aromatic heterocycles. The number of phenolic OH excluding ortho intramolecular Hbond substituents is 1. The highest BCUT2D eigenvalue weighted by Gasteiger charge is 2.15. The molecule has 1 amide bonds. The van der Waals surface area contributed by atoms with Crippen molar-refractivity contribution in [2.75, 3.05) is 6.54 Å². The van der Waals surface area contributed by atoms with Crippen LogP contribution in [0.4, 0.5) is 10.5 Å². The van der Waals surface area contributed by atoms with Crippen LogP contribution in [-0.4, -0.2) is 28.3 Å². The molecular weight excluding hydrogens is 276 g/mol. The molecule has 0 saturated carbocycles. The van der Waals surface area contributed by atoms with Crippen LogP contribution >= 0.6 is 0 Å². The zero-order valence-corrected chi connectivity index (χ0v) is 12.1. The summed E-state index contributed by atoms with van der Waals surface area (Å²) in [5.41, 5.74) is -0.448. The molecular formula is C14H18N2O5. The summed E-state index contributed by atoms with van der Waals surface area (Å²) in [7, 11) is 0. The van der Waals surface area contributed by atoms with E-state index in [0.29, 0.717) is 5.56 Å². The number of hydrogen-bond acceptors (Lipinski definition) is 5. The smallest absolute Gasteiger partial charge is 0.407 e. The number of hydrogen-bond donors (Lipinski definition) is 2. The summed E-state index contributed by atoms with van der Waals surface area (Å²) in [5, 5.41) is 22.6. The number of amides is 1. The van der Waals surface area contributed by atoms with Gasteiger partial charge in [-0.15, -0.1) is 0 Å². The van der Waals surface area contributed by atoms with Gasteiger partial charge < -0.3 is 15.2 Å². The fraction of sp³-hybridized carbons (Fsp3) is 0.357. The minimum atomic E-state index is -0.583. The van der Waals surface area contributed by atoms with Gasteiger partial charge in [0, 0.05) is 6.54 Å². The minimum absolute atomic E-state index is 0.174. The Kier molecular flexibility index (Phi) is 5.29.